The quantitative estimate of drug-likeness (QED) is 0.818. The molecule has 5 heteroatoms. The molecule has 0 unspecified atom stereocenters. The Morgan fingerprint density at radius 2 is 2.06 bits per heavy atom. The van der Waals surface area contributed by atoms with E-state index in [1.165, 1.54) is 4.90 Å². The molecule has 0 radical (unpaired) electrons. The van der Waals surface area contributed by atoms with E-state index in [1.54, 1.807) is 31.3 Å². The zero-order valence-electron chi connectivity index (χ0n) is 9.37. The molecular weight excluding hydrogens is 222 g/mol. The van der Waals surface area contributed by atoms with Crippen molar-refractivity contribution < 1.29 is 19.4 Å². The topological polar surface area (TPSA) is 66.8 Å². The molecule has 90 valence electrons. The second-order valence-electron chi connectivity index (χ2n) is 3.93. The number of likely N-dealkylation sites (N-methyl/N-ethyl adjacent to an activating group) is 1. The zero-order chi connectivity index (χ0) is 12.4. The van der Waals surface area contributed by atoms with Gasteiger partial charge in [-0.25, -0.2) is 4.79 Å². The van der Waals surface area contributed by atoms with Crippen LogP contribution in [0, 0.1) is 0 Å². The van der Waals surface area contributed by atoms with Gasteiger partial charge in [-0.3, -0.25) is 4.79 Å². The van der Waals surface area contributed by atoms with Crippen LogP contribution < -0.4 is 0 Å². The van der Waals surface area contributed by atoms with E-state index in [-0.39, 0.29) is 12.5 Å². The maximum Gasteiger partial charge on any atom is 0.335 e. The van der Waals surface area contributed by atoms with E-state index in [0.29, 0.717) is 0 Å². The molecule has 0 saturated carbocycles. The lowest BCUT2D eigenvalue weighted by Crippen LogP contribution is -2.50. The molecule has 1 heterocycles. The minimum absolute atomic E-state index is 0.184. The maximum absolute atomic E-state index is 11.6. The van der Waals surface area contributed by atoms with E-state index in [2.05, 4.69) is 0 Å². The Kier molecular flexibility index (Phi) is 3.10. The molecule has 0 spiro atoms. The number of nitrogens with zero attached hydrogens (tertiary/aromatic N) is 1. The molecule has 5 nitrogen and oxygen atoms in total. The van der Waals surface area contributed by atoms with Crippen LogP contribution in [0.4, 0.5) is 0 Å². The third-order valence-electron chi connectivity index (χ3n) is 2.87. The molecule has 1 aromatic carbocycles. The summed E-state index contributed by atoms with van der Waals surface area (Å²) < 4.78 is 5.10. The summed E-state index contributed by atoms with van der Waals surface area (Å²) in [6.07, 6.45) is -1.01. The predicted molar refractivity (Wildman–Crippen MR) is 59.3 cm³/mol. The Labute approximate surface area is 98.6 Å². The van der Waals surface area contributed by atoms with Gasteiger partial charge >= 0.3 is 5.97 Å². The maximum atomic E-state index is 11.6. The van der Waals surface area contributed by atoms with Crippen LogP contribution in [0.2, 0.25) is 0 Å². The van der Waals surface area contributed by atoms with E-state index in [4.69, 9.17) is 9.84 Å². The number of aliphatic carboxylic acids is 1. The number of ether oxygens (including phenoxy) is 1. The van der Waals surface area contributed by atoms with E-state index < -0.39 is 18.1 Å². The van der Waals surface area contributed by atoms with Gasteiger partial charge in [0.15, 0.2) is 6.10 Å². The first kappa shape index (κ1) is 11.6. The third kappa shape index (κ3) is 2.14. The smallest absolute Gasteiger partial charge is 0.335 e. The molecule has 1 aromatic rings. The van der Waals surface area contributed by atoms with Gasteiger partial charge in [0.2, 0.25) is 5.91 Å². The van der Waals surface area contributed by atoms with Crippen LogP contribution in [0.25, 0.3) is 0 Å². The van der Waals surface area contributed by atoms with Crippen molar-refractivity contribution in [3.05, 3.63) is 35.9 Å². The predicted octanol–water partition coefficient (Wildman–Crippen LogP) is 0.669. The fourth-order valence-electron chi connectivity index (χ4n) is 1.97. The summed E-state index contributed by atoms with van der Waals surface area (Å²) >= 11 is 0. The molecule has 1 fully saturated rings. The van der Waals surface area contributed by atoms with E-state index in [1.807, 2.05) is 6.07 Å². The molecule has 1 aliphatic heterocycles. The second-order valence-corrected chi connectivity index (χ2v) is 3.93. The van der Waals surface area contributed by atoms with Crippen molar-refractivity contribution >= 4 is 11.9 Å². The SMILES string of the molecule is CN1C(=O)CO[C@H](C(=O)O)[C@@H]1c1ccccc1. The van der Waals surface area contributed by atoms with Crippen LogP contribution in [-0.2, 0) is 14.3 Å². The summed E-state index contributed by atoms with van der Waals surface area (Å²) in [5.74, 6) is -1.27. The molecule has 0 aliphatic carbocycles. The summed E-state index contributed by atoms with van der Waals surface area (Å²) in [5.41, 5.74) is 0.760. The number of carboxylic acids is 1. The Balaban J connectivity index is 2.37. The zero-order valence-corrected chi connectivity index (χ0v) is 9.37. The number of carboxylic acid groups (broad SMARTS) is 1. The molecule has 2 atom stereocenters. The summed E-state index contributed by atoms with van der Waals surface area (Å²) in [7, 11) is 1.60. The number of hydrogen-bond donors (Lipinski definition) is 1. The van der Waals surface area contributed by atoms with Crippen molar-refractivity contribution in [2.45, 2.75) is 12.1 Å². The van der Waals surface area contributed by atoms with Gasteiger partial charge in [-0.2, -0.15) is 0 Å². The Hall–Kier alpha value is -1.88. The third-order valence-corrected chi connectivity index (χ3v) is 2.87. The number of carbonyl (C=O) groups excluding carboxylic acids is 1. The Bertz CT molecular complexity index is 431. The van der Waals surface area contributed by atoms with E-state index >= 15 is 0 Å². The van der Waals surface area contributed by atoms with Gasteiger partial charge in [-0.1, -0.05) is 30.3 Å². The molecule has 0 aromatic heterocycles. The van der Waals surface area contributed by atoms with Crippen LogP contribution >= 0.6 is 0 Å². The largest absolute Gasteiger partial charge is 0.479 e. The van der Waals surface area contributed by atoms with Crippen molar-refractivity contribution in [1.29, 1.82) is 0 Å². The molecule has 1 amide bonds. The highest BCUT2D eigenvalue weighted by Gasteiger charge is 2.39. The number of rotatable bonds is 2. The Morgan fingerprint density at radius 1 is 1.41 bits per heavy atom. The van der Waals surface area contributed by atoms with Gasteiger partial charge in [0, 0.05) is 7.05 Å². The lowest BCUT2D eigenvalue weighted by atomic mass is 9.98. The molecule has 17 heavy (non-hydrogen) atoms. The first-order chi connectivity index (χ1) is 8.11. The molecule has 1 saturated heterocycles. The van der Waals surface area contributed by atoms with Crippen LogP contribution in [0.1, 0.15) is 11.6 Å². The highest BCUT2D eigenvalue weighted by Crippen LogP contribution is 2.28. The molecule has 1 aliphatic rings. The number of amides is 1. The number of carbonyl (C=O) groups is 2. The molecule has 0 bridgehead atoms. The van der Waals surface area contributed by atoms with Crippen LogP contribution in [0.15, 0.2) is 30.3 Å². The fraction of sp³-hybridized carbons (Fsp3) is 0.333. The summed E-state index contributed by atoms with van der Waals surface area (Å²) in [6, 6.07) is 8.46. The number of benzene rings is 1. The van der Waals surface area contributed by atoms with Gasteiger partial charge in [0.25, 0.3) is 0 Å². The van der Waals surface area contributed by atoms with Gasteiger partial charge in [0.1, 0.15) is 6.61 Å². The minimum atomic E-state index is -1.06. The van der Waals surface area contributed by atoms with Crippen molar-refractivity contribution in [1.82, 2.24) is 4.90 Å². The summed E-state index contributed by atoms with van der Waals surface area (Å²) in [6.45, 7) is -0.184. The van der Waals surface area contributed by atoms with Crippen molar-refractivity contribution in [3.63, 3.8) is 0 Å². The monoisotopic (exact) mass is 235 g/mol. The van der Waals surface area contributed by atoms with E-state index in [0.717, 1.165) is 5.56 Å². The first-order valence-corrected chi connectivity index (χ1v) is 5.26. The van der Waals surface area contributed by atoms with Gasteiger partial charge in [-0.15, -0.1) is 0 Å². The van der Waals surface area contributed by atoms with Gasteiger partial charge in [-0.05, 0) is 5.56 Å². The average Bonchev–Trinajstić information content (AvgIpc) is 2.33. The van der Waals surface area contributed by atoms with Crippen molar-refractivity contribution in [3.8, 4) is 0 Å². The number of morpholine rings is 1. The lowest BCUT2D eigenvalue weighted by molar-refractivity contribution is -0.171. The first-order valence-electron chi connectivity index (χ1n) is 5.26. The fourth-order valence-corrected chi connectivity index (χ4v) is 1.97. The normalized spacial score (nSPS) is 24.8. The van der Waals surface area contributed by atoms with Crippen LogP contribution in [0.5, 0.6) is 0 Å². The highest BCUT2D eigenvalue weighted by atomic mass is 16.5. The Morgan fingerprint density at radius 3 is 2.65 bits per heavy atom. The van der Waals surface area contributed by atoms with Gasteiger partial charge < -0.3 is 14.7 Å². The van der Waals surface area contributed by atoms with Gasteiger partial charge in [0.05, 0.1) is 6.04 Å². The van der Waals surface area contributed by atoms with Crippen LogP contribution in [-0.4, -0.2) is 41.6 Å². The van der Waals surface area contributed by atoms with Crippen molar-refractivity contribution in [2.75, 3.05) is 13.7 Å². The summed E-state index contributed by atoms with van der Waals surface area (Å²) in [4.78, 5) is 24.1. The molecule has 1 N–H and O–H groups in total. The average molecular weight is 235 g/mol. The second kappa shape index (κ2) is 4.55. The van der Waals surface area contributed by atoms with Crippen LogP contribution in [0.3, 0.4) is 0 Å². The van der Waals surface area contributed by atoms with E-state index in [9.17, 15) is 9.59 Å². The lowest BCUT2D eigenvalue weighted by Gasteiger charge is -2.37. The highest BCUT2D eigenvalue weighted by molar-refractivity contribution is 5.82. The summed E-state index contributed by atoms with van der Waals surface area (Å²) in [5, 5.41) is 9.11. The molecular formula is C12H13NO4. The standard InChI is InChI=1S/C12H13NO4/c1-13-9(14)7-17-11(12(15)16)10(13)8-5-3-2-4-6-8/h2-6,10-11H,7H2,1H3,(H,15,16)/t10-,11-/m0/s1. The number of hydrogen-bond acceptors (Lipinski definition) is 3. The minimum Gasteiger partial charge on any atom is -0.479 e. The molecule has 2 rings (SSSR count). The van der Waals surface area contributed by atoms with Crippen molar-refractivity contribution in [2.24, 2.45) is 0 Å².